The zero-order valence-corrected chi connectivity index (χ0v) is 18.4. The second-order valence-corrected chi connectivity index (χ2v) is 7.80. The van der Waals surface area contributed by atoms with Crippen LogP contribution in [0.15, 0.2) is 23.3 Å². The molecule has 0 rings (SSSR count). The SMILES string of the molecule is CC(C)=CCCC(C)CCO.CCC(=O)OCCC(C)CCC=C(C)C. The minimum absolute atomic E-state index is 0.0912. The fourth-order valence-corrected chi connectivity index (χ4v) is 2.30. The molecule has 2 unspecified atom stereocenters. The van der Waals surface area contributed by atoms with Crippen molar-refractivity contribution in [2.75, 3.05) is 13.2 Å². The van der Waals surface area contributed by atoms with E-state index in [2.05, 4.69) is 53.7 Å². The number of ether oxygens (including phenoxy) is 1. The van der Waals surface area contributed by atoms with Crippen LogP contribution in [0.3, 0.4) is 0 Å². The topological polar surface area (TPSA) is 46.5 Å². The van der Waals surface area contributed by atoms with Gasteiger partial charge in [0.05, 0.1) is 6.61 Å². The Morgan fingerprint density at radius 1 is 0.885 bits per heavy atom. The van der Waals surface area contributed by atoms with E-state index in [4.69, 9.17) is 9.84 Å². The van der Waals surface area contributed by atoms with Crippen molar-refractivity contribution in [1.29, 1.82) is 0 Å². The minimum atomic E-state index is -0.0912. The number of rotatable bonds is 12. The number of carbonyl (C=O) groups excluding carboxylic acids is 1. The number of carbonyl (C=O) groups is 1. The highest BCUT2D eigenvalue weighted by Gasteiger charge is 2.03. The lowest BCUT2D eigenvalue weighted by Gasteiger charge is -2.10. The van der Waals surface area contributed by atoms with Gasteiger partial charge in [0.25, 0.3) is 0 Å². The standard InChI is InChI=1S/C13H24O2.C10H20O/c1-5-13(14)15-10-9-12(4)8-6-7-11(2)3;1-9(2)5-4-6-10(3)7-8-11/h7,12H,5-6,8-10H2,1-4H3;5,10-11H,4,6-8H2,1-3H3. The van der Waals surface area contributed by atoms with Crippen LogP contribution in [0.5, 0.6) is 0 Å². The summed E-state index contributed by atoms with van der Waals surface area (Å²) in [6.07, 6.45) is 11.6. The van der Waals surface area contributed by atoms with Crippen molar-refractivity contribution in [3.63, 3.8) is 0 Å². The van der Waals surface area contributed by atoms with Gasteiger partial charge < -0.3 is 9.84 Å². The van der Waals surface area contributed by atoms with Crippen LogP contribution >= 0.6 is 0 Å². The summed E-state index contributed by atoms with van der Waals surface area (Å²) in [4.78, 5) is 10.9. The molecule has 0 radical (unpaired) electrons. The van der Waals surface area contributed by atoms with Crippen LogP contribution in [0.4, 0.5) is 0 Å². The molecule has 0 aromatic heterocycles. The maximum absolute atomic E-state index is 10.9. The van der Waals surface area contributed by atoms with Crippen LogP contribution in [0.2, 0.25) is 0 Å². The first-order valence-corrected chi connectivity index (χ1v) is 10.3. The molecule has 0 aromatic carbocycles. The third kappa shape index (κ3) is 22.9. The Balaban J connectivity index is 0. The molecule has 3 heteroatoms. The van der Waals surface area contributed by atoms with Crippen LogP contribution in [0.1, 0.15) is 93.4 Å². The maximum Gasteiger partial charge on any atom is 0.305 e. The minimum Gasteiger partial charge on any atom is -0.466 e. The molecule has 0 saturated carbocycles. The molecule has 3 nitrogen and oxygen atoms in total. The van der Waals surface area contributed by atoms with Crippen molar-refractivity contribution in [3.8, 4) is 0 Å². The number of hydrogen-bond donors (Lipinski definition) is 1. The largest absolute Gasteiger partial charge is 0.466 e. The summed E-state index contributed by atoms with van der Waals surface area (Å²) in [5, 5.41) is 8.63. The molecule has 0 amide bonds. The zero-order chi connectivity index (χ0) is 20.4. The Morgan fingerprint density at radius 3 is 1.73 bits per heavy atom. The van der Waals surface area contributed by atoms with Crippen LogP contribution in [0, 0.1) is 11.8 Å². The predicted octanol–water partition coefficient (Wildman–Crippen LogP) is 6.46. The molecule has 0 aromatic rings. The average molecular weight is 369 g/mol. The van der Waals surface area contributed by atoms with Gasteiger partial charge in [0.1, 0.15) is 0 Å². The van der Waals surface area contributed by atoms with Gasteiger partial charge in [-0.3, -0.25) is 4.79 Å². The summed E-state index contributed by atoms with van der Waals surface area (Å²) in [6, 6.07) is 0. The first-order valence-electron chi connectivity index (χ1n) is 10.3. The summed E-state index contributed by atoms with van der Waals surface area (Å²) in [7, 11) is 0. The molecule has 0 spiro atoms. The Kier molecular flexibility index (Phi) is 19.5. The summed E-state index contributed by atoms with van der Waals surface area (Å²) in [6.45, 7) is 15.6. The molecular formula is C23H44O3. The molecule has 154 valence electrons. The molecule has 0 heterocycles. The van der Waals surface area contributed by atoms with Gasteiger partial charge in [0.15, 0.2) is 0 Å². The van der Waals surface area contributed by atoms with Crippen molar-refractivity contribution in [2.45, 2.75) is 93.4 Å². The number of aliphatic hydroxyl groups excluding tert-OH is 1. The summed E-state index contributed by atoms with van der Waals surface area (Å²) >= 11 is 0. The van der Waals surface area contributed by atoms with Crippen molar-refractivity contribution in [1.82, 2.24) is 0 Å². The Hall–Kier alpha value is -1.09. The van der Waals surface area contributed by atoms with Gasteiger partial charge >= 0.3 is 5.97 Å². The second-order valence-electron chi connectivity index (χ2n) is 7.80. The van der Waals surface area contributed by atoms with E-state index in [1.807, 2.05) is 6.92 Å². The number of esters is 1. The maximum atomic E-state index is 10.9. The molecule has 0 aliphatic heterocycles. The van der Waals surface area contributed by atoms with E-state index in [1.165, 1.54) is 24.0 Å². The molecule has 2 atom stereocenters. The third-order valence-corrected chi connectivity index (χ3v) is 4.21. The summed E-state index contributed by atoms with van der Waals surface area (Å²) in [5.41, 5.74) is 2.76. The van der Waals surface area contributed by atoms with Crippen LogP contribution < -0.4 is 0 Å². The summed E-state index contributed by atoms with van der Waals surface area (Å²) in [5.74, 6) is 1.20. The highest BCUT2D eigenvalue weighted by Crippen LogP contribution is 2.12. The lowest BCUT2D eigenvalue weighted by molar-refractivity contribution is -0.143. The average Bonchev–Trinajstić information content (AvgIpc) is 2.54. The molecule has 0 bridgehead atoms. The van der Waals surface area contributed by atoms with E-state index < -0.39 is 0 Å². The van der Waals surface area contributed by atoms with Gasteiger partial charge in [0.2, 0.25) is 0 Å². The van der Waals surface area contributed by atoms with Gasteiger partial charge in [-0.05, 0) is 78.1 Å². The highest BCUT2D eigenvalue weighted by molar-refractivity contribution is 5.68. The fraction of sp³-hybridized carbons (Fsp3) is 0.783. The molecule has 0 fully saturated rings. The lowest BCUT2D eigenvalue weighted by atomic mass is 10.0. The number of allylic oxidation sites excluding steroid dienone is 4. The van der Waals surface area contributed by atoms with Crippen LogP contribution in [-0.2, 0) is 9.53 Å². The molecule has 1 N–H and O–H groups in total. The second kappa shape index (κ2) is 18.7. The Labute approximate surface area is 162 Å². The lowest BCUT2D eigenvalue weighted by Crippen LogP contribution is -2.07. The molecular weight excluding hydrogens is 324 g/mol. The predicted molar refractivity (Wildman–Crippen MR) is 113 cm³/mol. The van der Waals surface area contributed by atoms with Gasteiger partial charge in [-0.15, -0.1) is 0 Å². The Bertz CT molecular complexity index is 388. The normalized spacial score (nSPS) is 12.3. The van der Waals surface area contributed by atoms with E-state index in [-0.39, 0.29) is 5.97 Å². The monoisotopic (exact) mass is 368 g/mol. The van der Waals surface area contributed by atoms with Gasteiger partial charge in [0, 0.05) is 13.0 Å². The fourth-order valence-electron chi connectivity index (χ4n) is 2.30. The highest BCUT2D eigenvalue weighted by atomic mass is 16.5. The Morgan fingerprint density at radius 2 is 1.35 bits per heavy atom. The first kappa shape index (κ1) is 27.1. The molecule has 0 saturated heterocycles. The number of hydrogen-bond acceptors (Lipinski definition) is 3. The smallest absolute Gasteiger partial charge is 0.305 e. The number of aliphatic hydroxyl groups is 1. The van der Waals surface area contributed by atoms with Crippen molar-refractivity contribution >= 4 is 5.97 Å². The van der Waals surface area contributed by atoms with E-state index in [0.29, 0.717) is 31.5 Å². The quantitative estimate of drug-likeness (QED) is 0.317. The van der Waals surface area contributed by atoms with E-state index in [9.17, 15) is 4.79 Å². The third-order valence-electron chi connectivity index (χ3n) is 4.21. The van der Waals surface area contributed by atoms with Gasteiger partial charge in [-0.2, -0.15) is 0 Å². The molecule has 0 aliphatic carbocycles. The first-order chi connectivity index (χ1) is 12.2. The molecule has 26 heavy (non-hydrogen) atoms. The molecule has 0 aliphatic rings. The summed E-state index contributed by atoms with van der Waals surface area (Å²) < 4.78 is 5.03. The van der Waals surface area contributed by atoms with Crippen LogP contribution in [0.25, 0.3) is 0 Å². The van der Waals surface area contributed by atoms with Gasteiger partial charge in [-0.25, -0.2) is 0 Å². The van der Waals surface area contributed by atoms with E-state index in [1.54, 1.807) is 0 Å². The van der Waals surface area contributed by atoms with Crippen molar-refractivity contribution in [2.24, 2.45) is 11.8 Å². The van der Waals surface area contributed by atoms with Crippen LogP contribution in [-0.4, -0.2) is 24.3 Å². The van der Waals surface area contributed by atoms with Gasteiger partial charge in [-0.1, -0.05) is 44.1 Å². The van der Waals surface area contributed by atoms with E-state index >= 15 is 0 Å². The van der Waals surface area contributed by atoms with Crippen molar-refractivity contribution in [3.05, 3.63) is 23.3 Å². The van der Waals surface area contributed by atoms with Crippen molar-refractivity contribution < 1.29 is 14.6 Å². The zero-order valence-electron chi connectivity index (χ0n) is 18.4. The van der Waals surface area contributed by atoms with E-state index in [0.717, 1.165) is 25.7 Å².